The van der Waals surface area contributed by atoms with Gasteiger partial charge in [0.05, 0.1) is 23.4 Å². The van der Waals surface area contributed by atoms with Crippen LogP contribution in [0.3, 0.4) is 0 Å². The highest BCUT2D eigenvalue weighted by Gasteiger charge is 2.25. The molecule has 0 saturated heterocycles. The van der Waals surface area contributed by atoms with Crippen molar-refractivity contribution in [1.82, 2.24) is 15.3 Å². The summed E-state index contributed by atoms with van der Waals surface area (Å²) >= 11 is 6.04. The Kier molecular flexibility index (Phi) is 6.79. The normalized spacial score (nSPS) is 18.4. The number of hydrogen-bond donors (Lipinski definition) is 2. The Labute approximate surface area is 186 Å². The molecule has 2 atom stereocenters. The van der Waals surface area contributed by atoms with Gasteiger partial charge < -0.3 is 15.2 Å². The second-order valence-electron chi connectivity index (χ2n) is 7.63. The van der Waals surface area contributed by atoms with E-state index in [2.05, 4.69) is 15.3 Å². The van der Waals surface area contributed by atoms with E-state index in [-0.39, 0.29) is 18.6 Å². The van der Waals surface area contributed by atoms with E-state index in [1.807, 2.05) is 30.3 Å². The second-order valence-corrected chi connectivity index (χ2v) is 8.06. The molecule has 1 saturated carbocycles. The Morgan fingerprint density at radius 2 is 1.94 bits per heavy atom. The lowest BCUT2D eigenvalue weighted by Crippen LogP contribution is -2.45. The lowest BCUT2D eigenvalue weighted by molar-refractivity contribution is 0.0717. The Hall–Kier alpha value is -2.96. The fraction of sp³-hybridized carbons (Fsp3) is 0.292. The average Bonchev–Trinajstić information content (AvgIpc) is 2.80. The molecule has 1 fully saturated rings. The number of hydrogen-bond acceptors (Lipinski definition) is 5. The van der Waals surface area contributed by atoms with Gasteiger partial charge in [0.15, 0.2) is 0 Å². The van der Waals surface area contributed by atoms with Crippen LogP contribution < -0.4 is 10.1 Å². The number of aliphatic hydroxyl groups excluding tert-OH is 1. The highest BCUT2D eigenvalue weighted by Crippen LogP contribution is 2.31. The van der Waals surface area contributed by atoms with Crippen LogP contribution in [0.25, 0.3) is 11.1 Å². The first-order valence-electron chi connectivity index (χ1n) is 10.4. The summed E-state index contributed by atoms with van der Waals surface area (Å²) in [5, 5.41) is 13.7. The van der Waals surface area contributed by atoms with Gasteiger partial charge in [-0.15, -0.1) is 0 Å². The quantitative estimate of drug-likeness (QED) is 0.596. The zero-order chi connectivity index (χ0) is 21.6. The minimum Gasteiger partial charge on any atom is -0.471 e. The van der Waals surface area contributed by atoms with Crippen molar-refractivity contribution in [3.63, 3.8) is 0 Å². The van der Waals surface area contributed by atoms with Crippen LogP contribution in [0.2, 0.25) is 5.02 Å². The topological polar surface area (TPSA) is 84.3 Å². The molecule has 7 heteroatoms. The molecule has 1 amide bonds. The van der Waals surface area contributed by atoms with Crippen molar-refractivity contribution in [3.05, 3.63) is 77.2 Å². The van der Waals surface area contributed by atoms with Gasteiger partial charge in [-0.25, -0.2) is 4.98 Å². The lowest BCUT2D eigenvalue weighted by atomic mass is 9.92. The Bertz CT molecular complexity index is 1030. The van der Waals surface area contributed by atoms with Crippen molar-refractivity contribution in [2.45, 2.75) is 44.4 Å². The summed E-state index contributed by atoms with van der Waals surface area (Å²) in [5.74, 6) is 0.146. The number of nitrogens with one attached hydrogen (secondary N) is 1. The first-order valence-corrected chi connectivity index (χ1v) is 10.8. The summed E-state index contributed by atoms with van der Waals surface area (Å²) in [6, 6.07) is 14.4. The Morgan fingerprint density at radius 1 is 1.13 bits per heavy atom. The lowest BCUT2D eigenvalue weighted by Gasteiger charge is -2.28. The zero-order valence-electron chi connectivity index (χ0n) is 17.0. The molecule has 1 aliphatic rings. The van der Waals surface area contributed by atoms with Crippen LogP contribution in [-0.4, -0.2) is 33.1 Å². The highest BCUT2D eigenvalue weighted by atomic mass is 35.5. The Morgan fingerprint density at radius 3 is 2.68 bits per heavy atom. The number of rotatable bonds is 6. The molecule has 31 heavy (non-hydrogen) atoms. The maximum absolute atomic E-state index is 12.9. The van der Waals surface area contributed by atoms with Gasteiger partial charge in [0.2, 0.25) is 5.88 Å². The number of carbonyl (C=O) groups excluding carboxylic acids is 1. The molecule has 160 valence electrons. The smallest absolute Gasteiger partial charge is 0.253 e. The van der Waals surface area contributed by atoms with Gasteiger partial charge in [-0.1, -0.05) is 42.6 Å². The number of carbonyl (C=O) groups is 1. The minimum atomic E-state index is -0.512. The molecular weight excluding hydrogens is 414 g/mol. The molecule has 2 heterocycles. The van der Waals surface area contributed by atoms with Gasteiger partial charge in [0.25, 0.3) is 5.91 Å². The third-order valence-corrected chi connectivity index (χ3v) is 5.65. The van der Waals surface area contributed by atoms with Crippen LogP contribution in [0.4, 0.5) is 0 Å². The predicted molar refractivity (Wildman–Crippen MR) is 119 cm³/mol. The first-order chi connectivity index (χ1) is 15.1. The largest absolute Gasteiger partial charge is 0.471 e. The van der Waals surface area contributed by atoms with Crippen LogP contribution in [0.15, 0.2) is 60.9 Å². The number of ether oxygens (including phenoxy) is 1. The minimum absolute atomic E-state index is 0.236. The number of nitrogens with zero attached hydrogens (tertiary/aromatic N) is 2. The molecule has 0 unspecified atom stereocenters. The van der Waals surface area contributed by atoms with Crippen molar-refractivity contribution >= 4 is 17.5 Å². The summed E-state index contributed by atoms with van der Waals surface area (Å²) in [4.78, 5) is 21.5. The predicted octanol–water partition coefficient (Wildman–Crippen LogP) is 4.41. The molecule has 2 N–H and O–H groups in total. The highest BCUT2D eigenvalue weighted by molar-refractivity contribution is 6.30. The monoisotopic (exact) mass is 437 g/mol. The number of aliphatic hydroxyl groups is 1. The van der Waals surface area contributed by atoms with Crippen molar-refractivity contribution < 1.29 is 14.6 Å². The molecule has 4 rings (SSSR count). The van der Waals surface area contributed by atoms with Gasteiger partial charge >= 0.3 is 0 Å². The molecule has 6 nitrogen and oxygen atoms in total. The van der Waals surface area contributed by atoms with E-state index in [9.17, 15) is 9.90 Å². The van der Waals surface area contributed by atoms with E-state index in [4.69, 9.17) is 16.3 Å². The molecule has 0 aliphatic heterocycles. The second kappa shape index (κ2) is 9.90. The summed E-state index contributed by atoms with van der Waals surface area (Å²) in [5.41, 5.74) is 2.71. The van der Waals surface area contributed by atoms with Gasteiger partial charge in [0, 0.05) is 23.0 Å². The van der Waals surface area contributed by atoms with Gasteiger partial charge in [-0.2, -0.15) is 0 Å². The number of amides is 1. The van der Waals surface area contributed by atoms with Crippen LogP contribution in [0.5, 0.6) is 5.88 Å². The third-order valence-electron chi connectivity index (χ3n) is 5.40. The summed E-state index contributed by atoms with van der Waals surface area (Å²) < 4.78 is 5.93. The standard InChI is InChI=1S/C24H24ClN3O3/c25-18-10-8-16(9-11-18)20-13-17(23(30)28-21-6-1-2-7-22(21)29)14-27-24(20)31-15-19-5-3-4-12-26-19/h3-5,8-14,21-22,29H,1-2,6-7,15H2,(H,28,30)/t21-,22-/m1/s1. The maximum atomic E-state index is 12.9. The van der Waals surface area contributed by atoms with Crippen molar-refractivity contribution in [2.24, 2.45) is 0 Å². The molecule has 0 radical (unpaired) electrons. The molecule has 0 bridgehead atoms. The van der Waals surface area contributed by atoms with E-state index >= 15 is 0 Å². The van der Waals surface area contributed by atoms with Gasteiger partial charge in [-0.05, 0) is 48.7 Å². The van der Waals surface area contributed by atoms with Crippen molar-refractivity contribution in [2.75, 3.05) is 0 Å². The third kappa shape index (κ3) is 5.40. The van der Waals surface area contributed by atoms with Crippen molar-refractivity contribution in [1.29, 1.82) is 0 Å². The molecule has 1 aromatic carbocycles. The van der Waals surface area contributed by atoms with E-state index < -0.39 is 6.10 Å². The van der Waals surface area contributed by atoms with E-state index in [0.29, 0.717) is 28.5 Å². The number of pyridine rings is 2. The van der Waals surface area contributed by atoms with Crippen LogP contribution in [0.1, 0.15) is 41.7 Å². The van der Waals surface area contributed by atoms with Crippen molar-refractivity contribution in [3.8, 4) is 17.0 Å². The number of halogens is 1. The number of benzene rings is 1. The van der Waals surface area contributed by atoms with Crippen LogP contribution >= 0.6 is 11.6 Å². The average molecular weight is 438 g/mol. The zero-order valence-corrected chi connectivity index (χ0v) is 17.8. The molecular formula is C24H24ClN3O3. The summed E-state index contributed by atoms with van der Waals surface area (Å²) in [7, 11) is 0. The van der Waals surface area contributed by atoms with E-state index in [0.717, 1.165) is 30.5 Å². The number of aromatic nitrogens is 2. The molecule has 1 aliphatic carbocycles. The Balaban J connectivity index is 1.59. The molecule has 0 spiro atoms. The fourth-order valence-electron chi connectivity index (χ4n) is 3.68. The van der Waals surface area contributed by atoms with Gasteiger partial charge in [0.1, 0.15) is 6.61 Å². The van der Waals surface area contributed by atoms with E-state index in [1.165, 1.54) is 6.20 Å². The molecule has 2 aromatic heterocycles. The van der Waals surface area contributed by atoms with Gasteiger partial charge in [-0.3, -0.25) is 9.78 Å². The SMILES string of the molecule is O=C(N[C@@H]1CCCC[C@H]1O)c1cnc(OCc2ccccn2)c(-c2ccc(Cl)cc2)c1. The summed E-state index contributed by atoms with van der Waals surface area (Å²) in [6.07, 6.45) is 6.16. The summed E-state index contributed by atoms with van der Waals surface area (Å²) in [6.45, 7) is 0.258. The first kappa shape index (κ1) is 21.3. The maximum Gasteiger partial charge on any atom is 0.253 e. The van der Waals surface area contributed by atoms with E-state index in [1.54, 1.807) is 24.4 Å². The fourth-order valence-corrected chi connectivity index (χ4v) is 3.81. The van der Waals surface area contributed by atoms with Crippen LogP contribution in [-0.2, 0) is 6.61 Å². The van der Waals surface area contributed by atoms with Crippen LogP contribution in [0, 0.1) is 0 Å². The molecule has 3 aromatic rings.